The summed E-state index contributed by atoms with van der Waals surface area (Å²) < 4.78 is 9.78. The number of hydrogen-bond donors (Lipinski definition) is 1. The first-order valence-electron chi connectivity index (χ1n) is 8.47. The van der Waals surface area contributed by atoms with Crippen molar-refractivity contribution in [2.24, 2.45) is 0 Å². The minimum Gasteiger partial charge on any atom is -0.430 e. The monoisotopic (exact) mass is 397 g/mol. The molecule has 0 radical (unpaired) electrons. The van der Waals surface area contributed by atoms with Crippen molar-refractivity contribution in [3.63, 3.8) is 0 Å². The zero-order valence-electron chi connectivity index (χ0n) is 14.9. The van der Waals surface area contributed by atoms with Crippen molar-refractivity contribution >= 4 is 35.7 Å². The van der Waals surface area contributed by atoms with E-state index in [1.165, 1.54) is 0 Å². The maximum Gasteiger partial charge on any atom is 0.534 e. The third kappa shape index (κ3) is 6.16. The van der Waals surface area contributed by atoms with Gasteiger partial charge in [-0.3, -0.25) is 33.7 Å². The molecule has 2 aliphatic heterocycles. The SMILES string of the molecule is O=C(CCN1C(=O)C=CC1=O)NCCOCCOC(=O)ON1C(=O)CCC1=O. The van der Waals surface area contributed by atoms with Gasteiger partial charge in [0.2, 0.25) is 5.91 Å². The summed E-state index contributed by atoms with van der Waals surface area (Å²) in [5.74, 6) is -2.46. The minimum atomic E-state index is -1.19. The van der Waals surface area contributed by atoms with E-state index in [0.29, 0.717) is 5.06 Å². The lowest BCUT2D eigenvalue weighted by Crippen LogP contribution is -2.35. The van der Waals surface area contributed by atoms with Crippen LogP contribution in [0.25, 0.3) is 0 Å². The Balaban J connectivity index is 1.46. The zero-order valence-corrected chi connectivity index (χ0v) is 14.9. The highest BCUT2D eigenvalue weighted by Gasteiger charge is 2.33. The van der Waals surface area contributed by atoms with Crippen LogP contribution in [-0.4, -0.2) is 78.6 Å². The number of carbonyl (C=O) groups excluding carboxylic acids is 6. The van der Waals surface area contributed by atoms with Gasteiger partial charge in [-0.15, -0.1) is 0 Å². The molecule has 0 unspecified atom stereocenters. The number of hydrogen-bond acceptors (Lipinski definition) is 9. The molecule has 0 bridgehead atoms. The van der Waals surface area contributed by atoms with Crippen molar-refractivity contribution in [3.05, 3.63) is 12.2 Å². The van der Waals surface area contributed by atoms with E-state index in [1.807, 2.05) is 0 Å². The normalized spacial score (nSPS) is 16.1. The Morgan fingerprint density at radius 3 is 2.25 bits per heavy atom. The van der Waals surface area contributed by atoms with Gasteiger partial charge in [-0.05, 0) is 0 Å². The minimum absolute atomic E-state index is 0.00463. The van der Waals surface area contributed by atoms with Crippen LogP contribution in [0.3, 0.4) is 0 Å². The lowest BCUT2D eigenvalue weighted by molar-refractivity contribution is -0.177. The van der Waals surface area contributed by atoms with E-state index in [0.717, 1.165) is 17.1 Å². The van der Waals surface area contributed by atoms with Gasteiger partial charge in [0.25, 0.3) is 23.6 Å². The third-order valence-electron chi connectivity index (χ3n) is 3.65. The van der Waals surface area contributed by atoms with Gasteiger partial charge in [-0.1, -0.05) is 5.06 Å². The van der Waals surface area contributed by atoms with E-state index in [-0.39, 0.29) is 58.1 Å². The highest BCUT2D eigenvalue weighted by molar-refractivity contribution is 6.13. The molecule has 0 aromatic carbocycles. The fourth-order valence-electron chi connectivity index (χ4n) is 2.26. The zero-order chi connectivity index (χ0) is 20.5. The maximum atomic E-state index is 11.6. The van der Waals surface area contributed by atoms with Crippen LogP contribution < -0.4 is 5.32 Å². The summed E-state index contributed by atoms with van der Waals surface area (Å²) in [7, 11) is 0. The molecule has 12 heteroatoms. The molecule has 5 amide bonds. The Labute approximate surface area is 159 Å². The molecule has 1 N–H and O–H groups in total. The van der Waals surface area contributed by atoms with Gasteiger partial charge in [0.15, 0.2) is 0 Å². The molecule has 0 atom stereocenters. The van der Waals surface area contributed by atoms with Gasteiger partial charge in [0.1, 0.15) is 6.61 Å². The second kappa shape index (κ2) is 10.2. The van der Waals surface area contributed by atoms with E-state index in [1.54, 1.807) is 0 Å². The predicted octanol–water partition coefficient (Wildman–Crippen LogP) is -1.35. The Morgan fingerprint density at radius 1 is 0.964 bits per heavy atom. The fraction of sp³-hybridized carbons (Fsp3) is 0.500. The molecule has 1 fully saturated rings. The van der Waals surface area contributed by atoms with E-state index in [2.05, 4.69) is 14.9 Å². The Morgan fingerprint density at radius 2 is 1.61 bits per heavy atom. The second-order valence-electron chi connectivity index (χ2n) is 5.65. The van der Waals surface area contributed by atoms with Crippen molar-refractivity contribution in [2.45, 2.75) is 19.3 Å². The number of amides is 5. The third-order valence-corrected chi connectivity index (χ3v) is 3.65. The van der Waals surface area contributed by atoms with Gasteiger partial charge >= 0.3 is 6.16 Å². The molecule has 0 saturated carbocycles. The van der Waals surface area contributed by atoms with E-state index >= 15 is 0 Å². The molecule has 0 aromatic heterocycles. The molecule has 12 nitrogen and oxygen atoms in total. The van der Waals surface area contributed by atoms with Gasteiger partial charge in [-0.2, -0.15) is 0 Å². The molecule has 2 heterocycles. The van der Waals surface area contributed by atoms with Gasteiger partial charge in [-0.25, -0.2) is 4.79 Å². The van der Waals surface area contributed by atoms with Crippen LogP contribution in [0.5, 0.6) is 0 Å². The Kier molecular flexibility index (Phi) is 7.63. The van der Waals surface area contributed by atoms with E-state index in [9.17, 15) is 28.8 Å². The van der Waals surface area contributed by atoms with Crippen LogP contribution in [0, 0.1) is 0 Å². The fourth-order valence-corrected chi connectivity index (χ4v) is 2.26. The van der Waals surface area contributed by atoms with Gasteiger partial charge in [0.05, 0.1) is 13.2 Å². The predicted molar refractivity (Wildman–Crippen MR) is 87.8 cm³/mol. The lowest BCUT2D eigenvalue weighted by atomic mass is 10.3. The highest BCUT2D eigenvalue weighted by Crippen LogP contribution is 2.12. The standard InChI is InChI=1S/C16H19N3O9/c20-11(5-7-18-12(21)1-2-13(18)22)17-6-8-26-9-10-27-16(25)28-19-14(23)3-4-15(19)24/h1-2H,3-10H2,(H,17,20). The van der Waals surface area contributed by atoms with Crippen LogP contribution >= 0.6 is 0 Å². The van der Waals surface area contributed by atoms with Gasteiger partial charge in [0, 0.05) is 44.5 Å². The van der Waals surface area contributed by atoms with Crippen LogP contribution in [0.1, 0.15) is 19.3 Å². The smallest absolute Gasteiger partial charge is 0.430 e. The molecule has 2 aliphatic rings. The van der Waals surface area contributed by atoms with Crippen molar-refractivity contribution in [3.8, 4) is 0 Å². The quantitative estimate of drug-likeness (QED) is 0.268. The second-order valence-corrected chi connectivity index (χ2v) is 5.65. The number of imide groups is 2. The van der Waals surface area contributed by atoms with Crippen LogP contribution in [-0.2, 0) is 38.3 Å². The largest absolute Gasteiger partial charge is 0.534 e. The summed E-state index contributed by atoms with van der Waals surface area (Å²) in [6, 6.07) is 0. The molecule has 152 valence electrons. The number of carbonyl (C=O) groups is 6. The van der Waals surface area contributed by atoms with E-state index in [4.69, 9.17) is 4.74 Å². The molecular formula is C16H19N3O9. The topological polar surface area (TPSA) is 149 Å². The van der Waals surface area contributed by atoms with Crippen LogP contribution in [0.4, 0.5) is 4.79 Å². The number of rotatable bonds is 10. The number of nitrogens with zero attached hydrogens (tertiary/aromatic N) is 2. The first kappa shape index (κ1) is 21.0. The molecular weight excluding hydrogens is 378 g/mol. The summed E-state index contributed by atoms with van der Waals surface area (Å²) in [6.45, 7) is 0.149. The summed E-state index contributed by atoms with van der Waals surface area (Å²) in [5.41, 5.74) is 0. The van der Waals surface area contributed by atoms with Crippen molar-refractivity contribution < 1.29 is 43.1 Å². The summed E-state index contributed by atoms with van der Waals surface area (Å²) in [4.78, 5) is 73.6. The summed E-state index contributed by atoms with van der Waals surface area (Å²) in [6.07, 6.45) is 1.05. The Bertz CT molecular complexity index is 669. The average molecular weight is 397 g/mol. The van der Waals surface area contributed by atoms with Crippen LogP contribution in [0.15, 0.2) is 12.2 Å². The van der Waals surface area contributed by atoms with Crippen molar-refractivity contribution in [1.82, 2.24) is 15.3 Å². The Hall–Kier alpha value is -3.28. The van der Waals surface area contributed by atoms with Crippen molar-refractivity contribution in [2.75, 3.05) is 32.9 Å². The highest BCUT2D eigenvalue weighted by atomic mass is 16.8. The first-order chi connectivity index (χ1) is 13.4. The van der Waals surface area contributed by atoms with E-state index < -0.39 is 29.8 Å². The van der Waals surface area contributed by atoms with Crippen LogP contribution in [0.2, 0.25) is 0 Å². The number of ether oxygens (including phenoxy) is 2. The summed E-state index contributed by atoms with van der Waals surface area (Å²) >= 11 is 0. The van der Waals surface area contributed by atoms with Crippen molar-refractivity contribution in [1.29, 1.82) is 0 Å². The average Bonchev–Trinajstić information content (AvgIpc) is 3.14. The molecule has 0 aliphatic carbocycles. The molecule has 0 spiro atoms. The molecule has 2 rings (SSSR count). The first-order valence-corrected chi connectivity index (χ1v) is 8.47. The molecule has 28 heavy (non-hydrogen) atoms. The summed E-state index contributed by atoms with van der Waals surface area (Å²) in [5, 5.41) is 2.92. The molecule has 0 aromatic rings. The molecule has 1 saturated heterocycles. The number of hydroxylamine groups is 2. The van der Waals surface area contributed by atoms with Gasteiger partial charge < -0.3 is 14.8 Å². The maximum absolute atomic E-state index is 11.6. The number of nitrogens with one attached hydrogen (secondary N) is 1. The lowest BCUT2D eigenvalue weighted by Gasteiger charge is -2.13.